The van der Waals surface area contributed by atoms with Crippen LogP contribution >= 0.6 is 0 Å². The number of phenolic OH excluding ortho intramolecular Hbond substituents is 1. The Kier molecular flexibility index (Phi) is 3.68. The Morgan fingerprint density at radius 3 is 2.50 bits per heavy atom. The number of fused-ring (bicyclic) bond motifs is 4. The Bertz CT molecular complexity index is 986. The molecule has 0 saturated heterocycles. The van der Waals surface area contributed by atoms with Crippen molar-refractivity contribution in [1.82, 2.24) is 0 Å². The van der Waals surface area contributed by atoms with Crippen molar-refractivity contribution in [2.75, 3.05) is 7.11 Å². The van der Waals surface area contributed by atoms with Crippen LogP contribution in [0.15, 0.2) is 24.3 Å². The molecule has 0 saturated carbocycles. The molecule has 4 rings (SSSR count). The molecule has 0 fully saturated rings. The average molecular weight is 350 g/mol. The van der Waals surface area contributed by atoms with Gasteiger partial charge in [-0.2, -0.15) is 0 Å². The second-order valence-electron chi connectivity index (χ2n) is 6.83. The van der Waals surface area contributed by atoms with Crippen LogP contribution < -0.4 is 4.74 Å². The van der Waals surface area contributed by atoms with Crippen LogP contribution in [-0.4, -0.2) is 29.6 Å². The lowest BCUT2D eigenvalue weighted by atomic mass is 9.73. The van der Waals surface area contributed by atoms with Gasteiger partial charge in [0.2, 0.25) is 5.78 Å². The first kappa shape index (κ1) is 16.5. The summed E-state index contributed by atoms with van der Waals surface area (Å²) < 4.78 is 5.23. The van der Waals surface area contributed by atoms with E-state index in [1.165, 1.54) is 13.2 Å². The summed E-state index contributed by atoms with van der Waals surface area (Å²) in [6, 6.07) is 6.26. The van der Waals surface area contributed by atoms with Gasteiger partial charge in [-0.3, -0.25) is 14.4 Å². The number of ether oxygens (including phenoxy) is 1. The van der Waals surface area contributed by atoms with E-state index < -0.39 is 11.6 Å². The number of carbonyl (C=O) groups excluding carboxylic acids is 3. The number of methoxy groups -OCH3 is 1. The summed E-state index contributed by atoms with van der Waals surface area (Å²) >= 11 is 0. The molecule has 2 aromatic carbocycles. The predicted octanol–water partition coefficient (Wildman–Crippen LogP) is 3.33. The van der Waals surface area contributed by atoms with Crippen molar-refractivity contribution < 1.29 is 24.2 Å². The Morgan fingerprint density at radius 2 is 1.81 bits per heavy atom. The largest absolute Gasteiger partial charge is 0.507 e. The summed E-state index contributed by atoms with van der Waals surface area (Å²) in [4.78, 5) is 39.0. The van der Waals surface area contributed by atoms with Crippen LogP contribution in [-0.2, 0) is 6.42 Å². The van der Waals surface area contributed by atoms with E-state index in [0.29, 0.717) is 24.0 Å². The minimum absolute atomic E-state index is 0.0466. The van der Waals surface area contributed by atoms with Gasteiger partial charge in [-0.05, 0) is 30.0 Å². The molecule has 0 unspecified atom stereocenters. The molecule has 5 heteroatoms. The Morgan fingerprint density at radius 1 is 1.04 bits per heavy atom. The number of carbonyl (C=O) groups is 3. The smallest absolute Gasteiger partial charge is 0.202 e. The monoisotopic (exact) mass is 350 g/mol. The number of ketones is 3. The first-order chi connectivity index (χ1) is 12.5. The summed E-state index contributed by atoms with van der Waals surface area (Å²) in [5.41, 5.74) is 1.25. The van der Waals surface area contributed by atoms with Crippen molar-refractivity contribution in [3.8, 4) is 11.5 Å². The molecule has 0 bridgehead atoms. The molecule has 2 aliphatic rings. The highest BCUT2D eigenvalue weighted by molar-refractivity contribution is 6.32. The van der Waals surface area contributed by atoms with Gasteiger partial charge >= 0.3 is 0 Å². The van der Waals surface area contributed by atoms with Crippen molar-refractivity contribution in [2.45, 2.75) is 26.2 Å². The van der Waals surface area contributed by atoms with Crippen LogP contribution in [0.3, 0.4) is 0 Å². The maximum absolute atomic E-state index is 13.2. The van der Waals surface area contributed by atoms with E-state index in [1.807, 2.05) is 6.92 Å². The van der Waals surface area contributed by atoms with Crippen molar-refractivity contribution in [3.05, 3.63) is 57.6 Å². The lowest BCUT2D eigenvalue weighted by Gasteiger charge is -2.28. The molecule has 2 aliphatic carbocycles. The third kappa shape index (κ3) is 2.13. The molecule has 0 aromatic heterocycles. The molecule has 0 radical (unpaired) electrons. The lowest BCUT2D eigenvalue weighted by Crippen LogP contribution is -2.29. The van der Waals surface area contributed by atoms with Crippen molar-refractivity contribution in [2.24, 2.45) is 5.92 Å². The lowest BCUT2D eigenvalue weighted by molar-refractivity contribution is 0.0930. The first-order valence-corrected chi connectivity index (χ1v) is 8.66. The number of rotatable bonds is 2. The normalized spacial score (nSPS) is 18.2. The Labute approximate surface area is 150 Å². The SMILES string of the molecule is CC[C@H]1CC(=O)c2c(cc(O)c3c2C(=O)c2cccc(OC)c2C3=O)C1. The first-order valence-electron chi connectivity index (χ1n) is 8.66. The molecule has 0 aliphatic heterocycles. The Balaban J connectivity index is 2.02. The molecule has 26 heavy (non-hydrogen) atoms. The van der Waals surface area contributed by atoms with Crippen LogP contribution in [0.4, 0.5) is 0 Å². The highest BCUT2D eigenvalue weighted by atomic mass is 16.5. The number of hydrogen-bond acceptors (Lipinski definition) is 5. The van der Waals surface area contributed by atoms with Gasteiger partial charge in [-0.25, -0.2) is 0 Å². The maximum Gasteiger partial charge on any atom is 0.202 e. The fraction of sp³-hybridized carbons (Fsp3) is 0.286. The fourth-order valence-corrected chi connectivity index (χ4v) is 4.08. The number of phenols is 1. The summed E-state index contributed by atoms with van der Waals surface area (Å²) in [5.74, 6) is -0.822. The van der Waals surface area contributed by atoms with Gasteiger partial charge in [-0.15, -0.1) is 0 Å². The van der Waals surface area contributed by atoms with Gasteiger partial charge in [0, 0.05) is 23.1 Å². The van der Waals surface area contributed by atoms with E-state index in [9.17, 15) is 19.5 Å². The molecule has 0 heterocycles. The van der Waals surface area contributed by atoms with E-state index in [4.69, 9.17) is 4.74 Å². The van der Waals surface area contributed by atoms with E-state index in [1.54, 1.807) is 18.2 Å². The van der Waals surface area contributed by atoms with Crippen molar-refractivity contribution in [3.63, 3.8) is 0 Å². The van der Waals surface area contributed by atoms with Crippen molar-refractivity contribution >= 4 is 17.3 Å². The summed E-state index contributed by atoms with van der Waals surface area (Å²) in [5, 5.41) is 10.5. The zero-order chi connectivity index (χ0) is 18.6. The van der Waals surface area contributed by atoms with Gasteiger partial charge in [0.15, 0.2) is 11.6 Å². The van der Waals surface area contributed by atoms with E-state index >= 15 is 0 Å². The number of Topliss-reactive ketones (excluding diaryl/α,β-unsaturated/α-hetero) is 1. The van der Waals surface area contributed by atoms with Crippen molar-refractivity contribution in [1.29, 1.82) is 0 Å². The van der Waals surface area contributed by atoms with Gasteiger partial charge in [-0.1, -0.05) is 25.5 Å². The second kappa shape index (κ2) is 5.80. The molecule has 0 amide bonds. The zero-order valence-corrected chi connectivity index (χ0v) is 14.6. The van der Waals surface area contributed by atoms with Gasteiger partial charge in [0.05, 0.1) is 18.2 Å². The maximum atomic E-state index is 13.2. The van der Waals surface area contributed by atoms with Crippen LogP contribution in [0, 0.1) is 5.92 Å². The van der Waals surface area contributed by atoms with E-state index in [0.717, 1.165) is 6.42 Å². The number of hydrogen-bond donors (Lipinski definition) is 1. The molecule has 132 valence electrons. The van der Waals surface area contributed by atoms with Gasteiger partial charge in [0.25, 0.3) is 0 Å². The average Bonchev–Trinajstić information content (AvgIpc) is 2.64. The van der Waals surface area contributed by atoms with Crippen LogP contribution in [0.1, 0.15) is 67.5 Å². The molecule has 2 aromatic rings. The molecular formula is C21H18O5. The highest BCUT2D eigenvalue weighted by Gasteiger charge is 2.40. The van der Waals surface area contributed by atoms with E-state index in [2.05, 4.69) is 0 Å². The third-order valence-electron chi connectivity index (χ3n) is 5.40. The third-order valence-corrected chi connectivity index (χ3v) is 5.40. The fourth-order valence-electron chi connectivity index (χ4n) is 4.08. The summed E-state index contributed by atoms with van der Waals surface area (Å²) in [7, 11) is 1.42. The minimum atomic E-state index is -0.488. The molecule has 1 N–H and O–H groups in total. The Hall–Kier alpha value is -2.95. The van der Waals surface area contributed by atoms with Gasteiger partial charge in [0.1, 0.15) is 11.5 Å². The summed E-state index contributed by atoms with van der Waals surface area (Å²) in [6.07, 6.45) is 1.81. The predicted molar refractivity (Wildman–Crippen MR) is 94.4 cm³/mol. The highest BCUT2D eigenvalue weighted by Crippen LogP contribution is 2.42. The number of benzene rings is 2. The molecule has 1 atom stereocenters. The zero-order valence-electron chi connectivity index (χ0n) is 14.6. The van der Waals surface area contributed by atoms with E-state index in [-0.39, 0.29) is 45.5 Å². The molecule has 5 nitrogen and oxygen atoms in total. The quantitative estimate of drug-likeness (QED) is 0.767. The molecular weight excluding hydrogens is 332 g/mol. The minimum Gasteiger partial charge on any atom is -0.507 e. The van der Waals surface area contributed by atoms with Gasteiger partial charge < -0.3 is 9.84 Å². The van der Waals surface area contributed by atoms with Crippen LogP contribution in [0.5, 0.6) is 11.5 Å². The topological polar surface area (TPSA) is 80.7 Å². The van der Waals surface area contributed by atoms with Crippen LogP contribution in [0.2, 0.25) is 0 Å². The van der Waals surface area contributed by atoms with Crippen LogP contribution in [0.25, 0.3) is 0 Å². The molecule has 0 spiro atoms. The second-order valence-corrected chi connectivity index (χ2v) is 6.83. The standard InChI is InChI=1S/C21H18O5/c1-3-10-7-11-9-14(23)18-19(16(11)13(22)8-10)20(24)12-5-4-6-15(26-2)17(12)21(18)25/h4-6,9-10,23H,3,7-8H2,1-2H3/t10-/m1/s1. The number of aromatic hydroxyl groups is 1. The summed E-state index contributed by atoms with van der Waals surface area (Å²) in [6.45, 7) is 2.01.